The lowest BCUT2D eigenvalue weighted by molar-refractivity contribution is 0.0993. The number of aromatic nitrogens is 2. The minimum atomic E-state index is -0.424. The van der Waals surface area contributed by atoms with Gasteiger partial charge in [-0.2, -0.15) is 0 Å². The van der Waals surface area contributed by atoms with Crippen molar-refractivity contribution in [1.29, 1.82) is 0 Å². The lowest BCUT2D eigenvalue weighted by Gasteiger charge is -2.18. The largest absolute Gasteiger partial charge is 0.411 e. The Morgan fingerprint density at radius 2 is 1.67 bits per heavy atom. The first-order chi connectivity index (χ1) is 12.7. The summed E-state index contributed by atoms with van der Waals surface area (Å²) < 4.78 is 18.7. The number of halogens is 1. The van der Waals surface area contributed by atoms with Gasteiger partial charge in [0.05, 0.1) is 5.25 Å². The molecule has 0 saturated heterocycles. The fourth-order valence-corrected chi connectivity index (χ4v) is 3.30. The molecule has 0 aliphatic heterocycles. The Labute approximate surface area is 162 Å². The van der Waals surface area contributed by atoms with Crippen LogP contribution in [0.15, 0.2) is 58.2 Å². The van der Waals surface area contributed by atoms with E-state index in [2.05, 4.69) is 31.0 Å². The Morgan fingerprint density at radius 3 is 2.26 bits per heavy atom. The number of carbonyl (C=O) groups is 1. The molecule has 1 aromatic heterocycles. The van der Waals surface area contributed by atoms with E-state index in [9.17, 15) is 9.18 Å². The molecule has 3 rings (SSSR count). The monoisotopic (exact) mass is 384 g/mol. The van der Waals surface area contributed by atoms with Crippen LogP contribution in [-0.2, 0) is 5.41 Å². The van der Waals surface area contributed by atoms with Gasteiger partial charge in [0.2, 0.25) is 5.89 Å². The summed E-state index contributed by atoms with van der Waals surface area (Å²) in [6.45, 7) is 8.23. The standard InChI is InChI=1S/C21H21FN2O2S/c1-13(18(25)14-7-11-17(22)12-8-14)27-20-24-23-19(26-20)15-5-9-16(10-6-15)21(2,3)4/h5-13H,1-4H3/t13-/m1/s1. The van der Waals surface area contributed by atoms with Crippen molar-refractivity contribution in [1.82, 2.24) is 10.2 Å². The highest BCUT2D eigenvalue weighted by Gasteiger charge is 2.20. The van der Waals surface area contributed by atoms with Gasteiger partial charge >= 0.3 is 0 Å². The molecule has 1 heterocycles. The zero-order chi connectivity index (χ0) is 19.6. The SMILES string of the molecule is C[C@@H](Sc1nnc(-c2ccc(C(C)(C)C)cc2)o1)C(=O)c1ccc(F)cc1. The lowest BCUT2D eigenvalue weighted by Crippen LogP contribution is -2.13. The van der Waals surface area contributed by atoms with Crippen molar-refractivity contribution in [3.63, 3.8) is 0 Å². The molecule has 0 amide bonds. The topological polar surface area (TPSA) is 56.0 Å². The van der Waals surface area contributed by atoms with Gasteiger partial charge < -0.3 is 4.42 Å². The third-order valence-electron chi connectivity index (χ3n) is 4.18. The van der Waals surface area contributed by atoms with E-state index < -0.39 is 5.25 Å². The van der Waals surface area contributed by atoms with Crippen LogP contribution in [0.2, 0.25) is 0 Å². The van der Waals surface area contributed by atoms with Crippen LogP contribution in [0, 0.1) is 5.82 Å². The molecule has 140 valence electrons. The van der Waals surface area contributed by atoms with Gasteiger partial charge in [0.25, 0.3) is 5.22 Å². The molecule has 0 unspecified atom stereocenters. The summed E-state index contributed by atoms with van der Waals surface area (Å²) in [5, 5.41) is 8.01. The van der Waals surface area contributed by atoms with E-state index in [0.717, 1.165) is 5.56 Å². The van der Waals surface area contributed by atoms with Crippen LogP contribution in [0.1, 0.15) is 43.6 Å². The Balaban J connectivity index is 1.70. The maximum Gasteiger partial charge on any atom is 0.277 e. The number of carbonyl (C=O) groups excluding carboxylic acids is 1. The van der Waals surface area contributed by atoms with Gasteiger partial charge in [-0.15, -0.1) is 10.2 Å². The highest BCUT2D eigenvalue weighted by atomic mass is 32.2. The van der Waals surface area contributed by atoms with Crippen molar-refractivity contribution in [3.05, 3.63) is 65.5 Å². The Hall–Kier alpha value is -2.47. The number of benzene rings is 2. The summed E-state index contributed by atoms with van der Waals surface area (Å²) in [4.78, 5) is 12.4. The average molecular weight is 384 g/mol. The van der Waals surface area contributed by atoms with Gasteiger partial charge in [0.1, 0.15) is 5.82 Å². The predicted octanol–water partition coefficient (Wildman–Crippen LogP) is 5.54. The Kier molecular flexibility index (Phi) is 5.46. The summed E-state index contributed by atoms with van der Waals surface area (Å²) in [6.07, 6.45) is 0. The fourth-order valence-electron chi connectivity index (χ4n) is 2.54. The van der Waals surface area contributed by atoms with Crippen molar-refractivity contribution in [3.8, 4) is 11.5 Å². The van der Waals surface area contributed by atoms with E-state index in [0.29, 0.717) is 16.7 Å². The van der Waals surface area contributed by atoms with Gasteiger partial charge in [-0.1, -0.05) is 44.7 Å². The lowest BCUT2D eigenvalue weighted by atomic mass is 9.87. The highest BCUT2D eigenvalue weighted by Crippen LogP contribution is 2.29. The summed E-state index contributed by atoms with van der Waals surface area (Å²) >= 11 is 1.19. The first-order valence-electron chi connectivity index (χ1n) is 8.65. The van der Waals surface area contributed by atoms with Crippen LogP contribution < -0.4 is 0 Å². The van der Waals surface area contributed by atoms with E-state index in [-0.39, 0.29) is 17.0 Å². The van der Waals surface area contributed by atoms with Crippen molar-refractivity contribution in [2.45, 2.75) is 43.6 Å². The van der Waals surface area contributed by atoms with Crippen LogP contribution in [0.4, 0.5) is 4.39 Å². The van der Waals surface area contributed by atoms with Gasteiger partial charge in [-0.3, -0.25) is 4.79 Å². The smallest absolute Gasteiger partial charge is 0.277 e. The molecule has 0 N–H and O–H groups in total. The number of ketones is 1. The molecule has 4 nitrogen and oxygen atoms in total. The van der Waals surface area contributed by atoms with Crippen LogP contribution in [0.5, 0.6) is 0 Å². The number of rotatable bonds is 5. The number of hydrogen-bond acceptors (Lipinski definition) is 5. The minimum Gasteiger partial charge on any atom is -0.411 e. The highest BCUT2D eigenvalue weighted by molar-refractivity contribution is 8.00. The third kappa shape index (κ3) is 4.63. The van der Waals surface area contributed by atoms with Gasteiger partial charge in [0, 0.05) is 11.1 Å². The molecule has 1 atom stereocenters. The first-order valence-corrected chi connectivity index (χ1v) is 9.53. The van der Waals surface area contributed by atoms with Crippen molar-refractivity contribution >= 4 is 17.5 Å². The van der Waals surface area contributed by atoms with Crippen LogP contribution in [0.25, 0.3) is 11.5 Å². The summed E-state index contributed by atoms with van der Waals surface area (Å²) in [5.41, 5.74) is 2.58. The molecule has 0 saturated carbocycles. The third-order valence-corrected chi connectivity index (χ3v) is 5.11. The zero-order valence-corrected chi connectivity index (χ0v) is 16.5. The number of hydrogen-bond donors (Lipinski definition) is 0. The number of Topliss-reactive ketones (excluding diaryl/α,β-unsaturated/α-hetero) is 1. The van der Waals surface area contributed by atoms with E-state index in [1.54, 1.807) is 6.92 Å². The second kappa shape index (κ2) is 7.64. The molecule has 0 aliphatic carbocycles. The average Bonchev–Trinajstić information content (AvgIpc) is 3.09. The number of nitrogens with zero attached hydrogens (tertiary/aromatic N) is 2. The molecule has 2 aromatic carbocycles. The van der Waals surface area contributed by atoms with Gasteiger partial charge in [0.15, 0.2) is 5.78 Å². The Bertz CT molecular complexity index is 928. The predicted molar refractivity (Wildman–Crippen MR) is 104 cm³/mol. The molecule has 6 heteroatoms. The van der Waals surface area contributed by atoms with Gasteiger partial charge in [-0.05, 0) is 54.3 Å². The van der Waals surface area contributed by atoms with Gasteiger partial charge in [-0.25, -0.2) is 4.39 Å². The normalized spacial score (nSPS) is 12.8. The van der Waals surface area contributed by atoms with E-state index in [4.69, 9.17) is 4.42 Å². The zero-order valence-electron chi connectivity index (χ0n) is 15.7. The summed E-state index contributed by atoms with van der Waals surface area (Å²) in [6, 6.07) is 13.5. The summed E-state index contributed by atoms with van der Waals surface area (Å²) in [5.74, 6) is -0.0699. The molecule has 0 fully saturated rings. The molecule has 0 bridgehead atoms. The molecule has 0 spiro atoms. The quantitative estimate of drug-likeness (QED) is 0.427. The molecule has 27 heavy (non-hydrogen) atoms. The molecular formula is C21H21FN2O2S. The van der Waals surface area contributed by atoms with E-state index >= 15 is 0 Å². The van der Waals surface area contributed by atoms with Crippen molar-refractivity contribution in [2.75, 3.05) is 0 Å². The van der Waals surface area contributed by atoms with E-state index in [1.165, 1.54) is 41.6 Å². The molecule has 0 aliphatic rings. The number of thioether (sulfide) groups is 1. The Morgan fingerprint density at radius 1 is 1.04 bits per heavy atom. The maximum atomic E-state index is 13.0. The maximum absolute atomic E-state index is 13.0. The van der Waals surface area contributed by atoms with Crippen LogP contribution >= 0.6 is 11.8 Å². The molecular weight excluding hydrogens is 363 g/mol. The fraction of sp³-hybridized carbons (Fsp3) is 0.286. The summed E-state index contributed by atoms with van der Waals surface area (Å²) in [7, 11) is 0. The van der Waals surface area contributed by atoms with Crippen LogP contribution in [-0.4, -0.2) is 21.2 Å². The molecule has 0 radical (unpaired) electrons. The second-order valence-corrected chi connectivity index (χ2v) is 8.62. The molecule has 3 aromatic rings. The van der Waals surface area contributed by atoms with Crippen molar-refractivity contribution in [2.24, 2.45) is 0 Å². The second-order valence-electron chi connectivity index (χ2n) is 7.33. The van der Waals surface area contributed by atoms with Crippen molar-refractivity contribution < 1.29 is 13.6 Å². The van der Waals surface area contributed by atoms with E-state index in [1.807, 2.05) is 24.3 Å². The van der Waals surface area contributed by atoms with Crippen LogP contribution in [0.3, 0.4) is 0 Å². The minimum absolute atomic E-state index is 0.0739. The first kappa shape index (κ1) is 19.3.